The number of nitrogens with zero attached hydrogens (tertiary/aromatic N) is 2. The van der Waals surface area contributed by atoms with E-state index in [-0.39, 0.29) is 12.4 Å². The number of benzene rings is 1. The highest BCUT2D eigenvalue weighted by molar-refractivity contribution is 5.85. The maximum atomic E-state index is 5.25. The lowest BCUT2D eigenvalue weighted by atomic mass is 10.1. The molecule has 0 spiro atoms. The number of aromatic nitrogens is 2. The molecule has 4 nitrogen and oxygen atoms in total. The van der Waals surface area contributed by atoms with E-state index >= 15 is 0 Å². The second kappa shape index (κ2) is 8.37. The molecule has 1 heterocycles. The maximum Gasteiger partial charge on any atom is 0.118 e. The Morgan fingerprint density at radius 2 is 1.91 bits per heavy atom. The minimum absolute atomic E-state index is 0. The summed E-state index contributed by atoms with van der Waals surface area (Å²) in [6.45, 7) is 1.84. The van der Waals surface area contributed by atoms with Gasteiger partial charge in [0.05, 0.1) is 18.5 Å². The summed E-state index contributed by atoms with van der Waals surface area (Å²) < 4.78 is 7.45. The lowest BCUT2D eigenvalue weighted by molar-refractivity contribution is 0.414. The molecule has 23 heavy (non-hydrogen) atoms. The molecule has 1 saturated carbocycles. The van der Waals surface area contributed by atoms with Crippen LogP contribution in [0.1, 0.15) is 31.4 Å². The first-order valence-electron chi connectivity index (χ1n) is 8.16. The van der Waals surface area contributed by atoms with Crippen LogP contribution in [0.25, 0.3) is 11.3 Å². The number of ether oxygens (including phenoxy) is 1. The molecule has 1 aromatic carbocycles. The summed E-state index contributed by atoms with van der Waals surface area (Å²) in [5.41, 5.74) is 3.51. The molecular weight excluding hydrogens is 310 g/mol. The van der Waals surface area contributed by atoms with Crippen molar-refractivity contribution in [3.63, 3.8) is 0 Å². The number of methoxy groups -OCH3 is 1. The van der Waals surface area contributed by atoms with E-state index < -0.39 is 0 Å². The fourth-order valence-corrected chi connectivity index (χ4v) is 3.31. The smallest absolute Gasteiger partial charge is 0.118 e. The lowest BCUT2D eigenvalue weighted by Gasteiger charge is -2.12. The fourth-order valence-electron chi connectivity index (χ4n) is 3.31. The first kappa shape index (κ1) is 17.8. The number of rotatable bonds is 6. The van der Waals surface area contributed by atoms with Gasteiger partial charge in [0.15, 0.2) is 0 Å². The normalized spacial score (nSPS) is 14.7. The van der Waals surface area contributed by atoms with Crippen LogP contribution in [0, 0.1) is 5.92 Å². The van der Waals surface area contributed by atoms with Gasteiger partial charge in [-0.2, -0.15) is 5.10 Å². The second-order valence-electron chi connectivity index (χ2n) is 6.11. The molecule has 0 aliphatic heterocycles. The first-order chi connectivity index (χ1) is 10.8. The largest absolute Gasteiger partial charge is 0.497 e. The molecule has 0 radical (unpaired) electrons. The summed E-state index contributed by atoms with van der Waals surface area (Å²) in [7, 11) is 3.66. The zero-order chi connectivity index (χ0) is 15.4. The van der Waals surface area contributed by atoms with E-state index in [2.05, 4.69) is 28.2 Å². The van der Waals surface area contributed by atoms with Crippen molar-refractivity contribution in [2.45, 2.75) is 38.8 Å². The Labute approximate surface area is 144 Å². The van der Waals surface area contributed by atoms with Gasteiger partial charge in [-0.3, -0.25) is 4.68 Å². The Morgan fingerprint density at radius 1 is 1.22 bits per heavy atom. The zero-order valence-electron chi connectivity index (χ0n) is 13.9. The van der Waals surface area contributed by atoms with Crippen LogP contribution in [-0.2, 0) is 13.1 Å². The number of halogens is 1. The van der Waals surface area contributed by atoms with Gasteiger partial charge in [-0.1, -0.05) is 12.8 Å². The minimum Gasteiger partial charge on any atom is -0.497 e. The standard InChI is InChI=1S/C18H25N3O.ClH/c1-19-12-16-11-18(15-7-9-17(22-2)10-8-15)21(20-16)13-14-5-3-4-6-14;/h7-11,14,19H,3-6,12-13H2,1-2H3;1H. The summed E-state index contributed by atoms with van der Waals surface area (Å²) in [5.74, 6) is 1.67. The third-order valence-electron chi connectivity index (χ3n) is 4.48. The van der Waals surface area contributed by atoms with Crippen LogP contribution in [0.2, 0.25) is 0 Å². The Hall–Kier alpha value is -1.52. The summed E-state index contributed by atoms with van der Waals surface area (Å²) >= 11 is 0. The molecule has 0 saturated heterocycles. The van der Waals surface area contributed by atoms with Gasteiger partial charge < -0.3 is 10.1 Å². The molecule has 1 aromatic heterocycles. The number of hydrogen-bond acceptors (Lipinski definition) is 3. The van der Waals surface area contributed by atoms with E-state index in [9.17, 15) is 0 Å². The lowest BCUT2D eigenvalue weighted by Crippen LogP contribution is -2.11. The molecule has 1 N–H and O–H groups in total. The van der Waals surface area contributed by atoms with Gasteiger partial charge in [-0.05, 0) is 56.1 Å². The second-order valence-corrected chi connectivity index (χ2v) is 6.11. The molecule has 2 aromatic rings. The third kappa shape index (κ3) is 4.27. The molecule has 0 atom stereocenters. The Bertz CT molecular complexity index is 603. The van der Waals surface area contributed by atoms with E-state index in [1.165, 1.54) is 36.9 Å². The predicted octanol–water partition coefficient (Wildman–Crippen LogP) is 3.89. The average molecular weight is 336 g/mol. The molecule has 0 amide bonds. The Morgan fingerprint density at radius 3 is 2.52 bits per heavy atom. The average Bonchev–Trinajstić information content (AvgIpc) is 3.18. The van der Waals surface area contributed by atoms with Crippen molar-refractivity contribution in [2.24, 2.45) is 5.92 Å². The van der Waals surface area contributed by atoms with Crippen molar-refractivity contribution in [2.75, 3.05) is 14.2 Å². The summed E-state index contributed by atoms with van der Waals surface area (Å²) in [5, 5.41) is 8.00. The number of hydrogen-bond donors (Lipinski definition) is 1. The minimum atomic E-state index is 0. The Kier molecular flexibility index (Phi) is 6.48. The van der Waals surface area contributed by atoms with Crippen molar-refractivity contribution < 1.29 is 4.74 Å². The third-order valence-corrected chi connectivity index (χ3v) is 4.48. The van der Waals surface area contributed by atoms with Gasteiger partial charge in [-0.15, -0.1) is 12.4 Å². The predicted molar refractivity (Wildman–Crippen MR) is 96.2 cm³/mol. The van der Waals surface area contributed by atoms with Crippen molar-refractivity contribution in [1.29, 1.82) is 0 Å². The van der Waals surface area contributed by atoms with Gasteiger partial charge in [0.2, 0.25) is 0 Å². The van der Waals surface area contributed by atoms with Crippen molar-refractivity contribution in [1.82, 2.24) is 15.1 Å². The van der Waals surface area contributed by atoms with Gasteiger partial charge in [0.25, 0.3) is 0 Å². The summed E-state index contributed by atoms with van der Waals surface area (Å²) in [4.78, 5) is 0. The van der Waals surface area contributed by atoms with Crippen molar-refractivity contribution in [3.8, 4) is 17.0 Å². The highest BCUT2D eigenvalue weighted by Gasteiger charge is 2.18. The fraction of sp³-hybridized carbons (Fsp3) is 0.500. The molecule has 5 heteroatoms. The number of nitrogens with one attached hydrogen (secondary N) is 1. The van der Waals surface area contributed by atoms with E-state index in [0.717, 1.165) is 30.5 Å². The van der Waals surface area contributed by atoms with E-state index in [1.807, 2.05) is 19.2 Å². The highest BCUT2D eigenvalue weighted by atomic mass is 35.5. The van der Waals surface area contributed by atoms with E-state index in [4.69, 9.17) is 9.84 Å². The van der Waals surface area contributed by atoms with E-state index in [0.29, 0.717) is 0 Å². The monoisotopic (exact) mass is 335 g/mol. The van der Waals surface area contributed by atoms with Crippen LogP contribution in [-0.4, -0.2) is 23.9 Å². The van der Waals surface area contributed by atoms with Crippen LogP contribution in [0.4, 0.5) is 0 Å². The molecule has 0 bridgehead atoms. The molecule has 3 rings (SSSR count). The van der Waals surface area contributed by atoms with Gasteiger partial charge >= 0.3 is 0 Å². The molecule has 1 aliphatic carbocycles. The van der Waals surface area contributed by atoms with Gasteiger partial charge in [-0.25, -0.2) is 0 Å². The van der Waals surface area contributed by atoms with Gasteiger partial charge in [0, 0.05) is 18.7 Å². The van der Waals surface area contributed by atoms with Crippen LogP contribution >= 0.6 is 12.4 Å². The Balaban J connectivity index is 0.00000192. The first-order valence-corrected chi connectivity index (χ1v) is 8.16. The highest BCUT2D eigenvalue weighted by Crippen LogP contribution is 2.29. The maximum absolute atomic E-state index is 5.25. The summed E-state index contributed by atoms with van der Waals surface area (Å²) in [6, 6.07) is 10.5. The van der Waals surface area contributed by atoms with Crippen LogP contribution < -0.4 is 10.1 Å². The molecular formula is C18H26ClN3O. The molecule has 0 unspecified atom stereocenters. The molecule has 126 valence electrons. The van der Waals surface area contributed by atoms with Crippen LogP contribution in [0.15, 0.2) is 30.3 Å². The topological polar surface area (TPSA) is 39.1 Å². The summed E-state index contributed by atoms with van der Waals surface area (Å²) in [6.07, 6.45) is 5.41. The van der Waals surface area contributed by atoms with E-state index in [1.54, 1.807) is 7.11 Å². The van der Waals surface area contributed by atoms with Crippen LogP contribution in [0.5, 0.6) is 5.75 Å². The SMILES string of the molecule is CNCc1cc(-c2ccc(OC)cc2)n(CC2CCCC2)n1.Cl. The molecule has 1 aliphatic rings. The van der Waals surface area contributed by atoms with Gasteiger partial charge in [0.1, 0.15) is 5.75 Å². The van der Waals surface area contributed by atoms with Crippen LogP contribution in [0.3, 0.4) is 0 Å². The van der Waals surface area contributed by atoms with Crippen molar-refractivity contribution >= 4 is 12.4 Å². The quantitative estimate of drug-likeness (QED) is 0.870. The molecule has 1 fully saturated rings. The van der Waals surface area contributed by atoms with Crippen molar-refractivity contribution in [3.05, 3.63) is 36.0 Å². The zero-order valence-corrected chi connectivity index (χ0v) is 14.7.